The number of urea groups is 1. The van der Waals surface area contributed by atoms with Gasteiger partial charge in [0.1, 0.15) is 11.6 Å². The standard InChI is InChI=1S/C22H29N5O2/c1-29-20-9-5-4-8-19(20)24-22(28)25-21-16-18(10-11-23-21)27-14-12-26(13-15-27)17-6-2-3-7-17/h4-5,8-11,16-17H,2-3,6-7,12-15H2,1H3,(H2,23,24,25,28). The number of rotatable bonds is 5. The number of pyridine rings is 1. The first-order chi connectivity index (χ1) is 14.2. The zero-order valence-electron chi connectivity index (χ0n) is 16.9. The van der Waals surface area contributed by atoms with Crippen molar-refractivity contribution in [3.63, 3.8) is 0 Å². The quantitative estimate of drug-likeness (QED) is 0.806. The highest BCUT2D eigenvalue weighted by Gasteiger charge is 2.26. The second-order valence-corrected chi connectivity index (χ2v) is 7.64. The topological polar surface area (TPSA) is 69.7 Å². The van der Waals surface area contributed by atoms with E-state index in [0.717, 1.165) is 37.9 Å². The van der Waals surface area contributed by atoms with Crippen LogP contribution in [0.4, 0.5) is 22.0 Å². The fraction of sp³-hybridized carbons (Fsp3) is 0.455. The molecule has 1 aliphatic heterocycles. The van der Waals surface area contributed by atoms with Gasteiger partial charge in [0.15, 0.2) is 0 Å². The second kappa shape index (κ2) is 9.13. The Balaban J connectivity index is 1.34. The largest absolute Gasteiger partial charge is 0.495 e. The van der Waals surface area contributed by atoms with Crippen LogP contribution in [-0.4, -0.2) is 55.2 Å². The van der Waals surface area contributed by atoms with Crippen molar-refractivity contribution in [2.24, 2.45) is 0 Å². The number of anilines is 3. The van der Waals surface area contributed by atoms with E-state index in [1.54, 1.807) is 25.4 Å². The van der Waals surface area contributed by atoms with E-state index >= 15 is 0 Å². The summed E-state index contributed by atoms with van der Waals surface area (Å²) in [5, 5.41) is 5.63. The van der Waals surface area contributed by atoms with Crippen molar-refractivity contribution in [3.05, 3.63) is 42.6 Å². The van der Waals surface area contributed by atoms with E-state index in [-0.39, 0.29) is 6.03 Å². The predicted octanol–water partition coefficient (Wildman–Crippen LogP) is 3.80. The number of amides is 2. The number of hydrogen-bond donors (Lipinski definition) is 2. The molecule has 4 rings (SSSR count). The number of ether oxygens (including phenoxy) is 1. The fourth-order valence-electron chi connectivity index (χ4n) is 4.32. The number of methoxy groups -OCH3 is 1. The zero-order chi connectivity index (χ0) is 20.1. The third-order valence-corrected chi connectivity index (χ3v) is 5.86. The smallest absolute Gasteiger partial charge is 0.324 e. The van der Waals surface area contributed by atoms with Gasteiger partial charge in [0, 0.05) is 50.2 Å². The molecule has 29 heavy (non-hydrogen) atoms. The molecule has 2 N–H and O–H groups in total. The van der Waals surface area contributed by atoms with Gasteiger partial charge in [0.25, 0.3) is 0 Å². The van der Waals surface area contributed by atoms with Gasteiger partial charge < -0.3 is 15.0 Å². The van der Waals surface area contributed by atoms with Gasteiger partial charge in [-0.05, 0) is 31.0 Å². The maximum atomic E-state index is 12.4. The van der Waals surface area contributed by atoms with Crippen molar-refractivity contribution in [2.75, 3.05) is 48.8 Å². The first kappa shape index (κ1) is 19.5. The third kappa shape index (κ3) is 4.79. The molecule has 1 aromatic heterocycles. The van der Waals surface area contributed by atoms with Crippen LogP contribution >= 0.6 is 0 Å². The van der Waals surface area contributed by atoms with Crippen LogP contribution in [0.25, 0.3) is 0 Å². The Hall–Kier alpha value is -2.80. The Kier molecular flexibility index (Phi) is 6.14. The van der Waals surface area contributed by atoms with Crippen LogP contribution in [0.2, 0.25) is 0 Å². The van der Waals surface area contributed by atoms with Gasteiger partial charge in [-0.3, -0.25) is 10.2 Å². The molecule has 1 saturated carbocycles. The maximum absolute atomic E-state index is 12.4. The third-order valence-electron chi connectivity index (χ3n) is 5.86. The van der Waals surface area contributed by atoms with Crippen molar-refractivity contribution in [1.82, 2.24) is 9.88 Å². The molecule has 0 radical (unpaired) electrons. The van der Waals surface area contributed by atoms with Gasteiger partial charge in [0.05, 0.1) is 12.8 Å². The molecule has 0 bridgehead atoms. The molecular formula is C22H29N5O2. The number of hydrogen-bond acceptors (Lipinski definition) is 5. The average molecular weight is 396 g/mol. The summed E-state index contributed by atoms with van der Waals surface area (Å²) < 4.78 is 5.27. The molecule has 2 amide bonds. The van der Waals surface area contributed by atoms with Crippen LogP contribution in [0.15, 0.2) is 42.6 Å². The summed E-state index contributed by atoms with van der Waals surface area (Å²) in [4.78, 5) is 21.7. The zero-order valence-corrected chi connectivity index (χ0v) is 16.9. The minimum absolute atomic E-state index is 0.342. The van der Waals surface area contributed by atoms with Gasteiger partial charge in [0.2, 0.25) is 0 Å². The van der Waals surface area contributed by atoms with E-state index < -0.39 is 0 Å². The number of benzene rings is 1. The van der Waals surface area contributed by atoms with Crippen LogP contribution in [0.1, 0.15) is 25.7 Å². The SMILES string of the molecule is COc1ccccc1NC(=O)Nc1cc(N2CCN(C3CCCC3)CC2)ccn1. The Morgan fingerprint density at radius 3 is 2.59 bits per heavy atom. The minimum Gasteiger partial charge on any atom is -0.495 e. The summed E-state index contributed by atoms with van der Waals surface area (Å²) in [6, 6.07) is 11.7. The molecule has 0 unspecified atom stereocenters. The predicted molar refractivity (Wildman–Crippen MR) is 116 cm³/mol. The number of carbonyl (C=O) groups excluding carboxylic acids is 1. The highest BCUT2D eigenvalue weighted by molar-refractivity contribution is 6.00. The summed E-state index contributed by atoms with van der Waals surface area (Å²) in [5.41, 5.74) is 1.71. The Labute approximate surface area is 172 Å². The molecule has 2 aliphatic rings. The minimum atomic E-state index is -0.342. The number of nitrogens with zero attached hydrogens (tertiary/aromatic N) is 3. The molecule has 154 valence electrons. The Morgan fingerprint density at radius 1 is 1.07 bits per heavy atom. The normalized spacial score (nSPS) is 17.9. The monoisotopic (exact) mass is 395 g/mol. The molecule has 2 fully saturated rings. The molecule has 2 aromatic rings. The molecule has 7 heteroatoms. The van der Waals surface area contributed by atoms with E-state index in [9.17, 15) is 4.79 Å². The number of piperazine rings is 1. The summed E-state index contributed by atoms with van der Waals surface area (Å²) in [7, 11) is 1.58. The maximum Gasteiger partial charge on any atom is 0.324 e. The second-order valence-electron chi connectivity index (χ2n) is 7.64. The lowest BCUT2D eigenvalue weighted by Crippen LogP contribution is -2.49. The van der Waals surface area contributed by atoms with E-state index in [1.807, 2.05) is 24.3 Å². The van der Waals surface area contributed by atoms with Gasteiger partial charge in [-0.1, -0.05) is 25.0 Å². The number of para-hydroxylation sites is 2. The van der Waals surface area contributed by atoms with E-state index in [0.29, 0.717) is 17.3 Å². The van der Waals surface area contributed by atoms with Crippen molar-refractivity contribution < 1.29 is 9.53 Å². The number of nitrogens with one attached hydrogen (secondary N) is 2. The van der Waals surface area contributed by atoms with Gasteiger partial charge in [-0.15, -0.1) is 0 Å². The molecule has 7 nitrogen and oxygen atoms in total. The molecule has 1 aliphatic carbocycles. The van der Waals surface area contributed by atoms with Gasteiger partial charge in [-0.2, -0.15) is 0 Å². The van der Waals surface area contributed by atoms with E-state index in [2.05, 4.69) is 25.4 Å². The van der Waals surface area contributed by atoms with Crippen LogP contribution in [0.5, 0.6) is 5.75 Å². The van der Waals surface area contributed by atoms with Crippen LogP contribution < -0.4 is 20.3 Å². The molecule has 1 saturated heterocycles. The molecule has 1 aromatic carbocycles. The summed E-state index contributed by atoms with van der Waals surface area (Å²) in [6.45, 7) is 4.22. The lowest BCUT2D eigenvalue weighted by molar-refractivity contribution is 0.187. The van der Waals surface area contributed by atoms with Crippen LogP contribution in [0.3, 0.4) is 0 Å². The molecule has 0 atom stereocenters. The highest BCUT2D eigenvalue weighted by atomic mass is 16.5. The summed E-state index contributed by atoms with van der Waals surface area (Å²) in [6.07, 6.45) is 7.20. The first-order valence-electron chi connectivity index (χ1n) is 10.4. The average Bonchev–Trinajstić information content (AvgIpc) is 3.29. The number of carbonyl (C=O) groups is 1. The van der Waals surface area contributed by atoms with E-state index in [1.165, 1.54) is 25.7 Å². The molecular weight excluding hydrogens is 366 g/mol. The Morgan fingerprint density at radius 2 is 1.83 bits per heavy atom. The van der Waals surface area contributed by atoms with E-state index in [4.69, 9.17) is 4.74 Å². The van der Waals surface area contributed by atoms with Crippen molar-refractivity contribution in [1.29, 1.82) is 0 Å². The first-order valence-corrected chi connectivity index (χ1v) is 10.4. The van der Waals surface area contributed by atoms with Gasteiger partial charge in [-0.25, -0.2) is 9.78 Å². The lowest BCUT2D eigenvalue weighted by atomic mass is 10.1. The highest BCUT2D eigenvalue weighted by Crippen LogP contribution is 2.26. The van der Waals surface area contributed by atoms with Crippen molar-refractivity contribution in [2.45, 2.75) is 31.7 Å². The van der Waals surface area contributed by atoms with Gasteiger partial charge >= 0.3 is 6.03 Å². The van der Waals surface area contributed by atoms with Crippen molar-refractivity contribution in [3.8, 4) is 5.75 Å². The summed E-state index contributed by atoms with van der Waals surface area (Å²) in [5.74, 6) is 1.15. The van der Waals surface area contributed by atoms with Crippen LogP contribution in [-0.2, 0) is 0 Å². The van der Waals surface area contributed by atoms with Crippen LogP contribution in [0, 0.1) is 0 Å². The lowest BCUT2D eigenvalue weighted by Gasteiger charge is -2.39. The van der Waals surface area contributed by atoms with Crippen molar-refractivity contribution >= 4 is 23.2 Å². The Bertz CT molecular complexity index is 829. The summed E-state index contributed by atoms with van der Waals surface area (Å²) >= 11 is 0. The fourth-order valence-corrected chi connectivity index (χ4v) is 4.32. The number of aromatic nitrogens is 1. The molecule has 0 spiro atoms. The molecule has 2 heterocycles.